The summed E-state index contributed by atoms with van der Waals surface area (Å²) in [5, 5.41) is 0. The van der Waals surface area contributed by atoms with E-state index in [9.17, 15) is 0 Å². The van der Waals surface area contributed by atoms with Gasteiger partial charge in [-0.3, -0.25) is 0 Å². The summed E-state index contributed by atoms with van der Waals surface area (Å²) in [5.74, 6) is 0. The summed E-state index contributed by atoms with van der Waals surface area (Å²) in [6.07, 6.45) is 10.4. The summed E-state index contributed by atoms with van der Waals surface area (Å²) in [4.78, 5) is 0. The quantitative estimate of drug-likeness (QED) is 0.517. The van der Waals surface area contributed by atoms with Crippen LogP contribution in [-0.2, 0) is 6.42 Å². The molecule has 0 nitrogen and oxygen atoms in total. The molecule has 2 aromatic rings. The van der Waals surface area contributed by atoms with Gasteiger partial charge in [0.05, 0.1) is 0 Å². The molecule has 0 atom stereocenters. The maximum Gasteiger partial charge on any atom is -0.0146 e. The van der Waals surface area contributed by atoms with Gasteiger partial charge < -0.3 is 0 Å². The van der Waals surface area contributed by atoms with Gasteiger partial charge in [-0.25, -0.2) is 0 Å². The van der Waals surface area contributed by atoms with E-state index in [1.807, 2.05) is 13.0 Å². The van der Waals surface area contributed by atoms with Crippen LogP contribution < -0.4 is 0 Å². The predicted octanol–water partition coefficient (Wildman–Crippen LogP) is 6.76. The number of aryl methyl sites for hydroxylation is 2. The molecular formula is C23H26. The highest BCUT2D eigenvalue weighted by atomic mass is 14.1. The molecule has 0 aromatic heterocycles. The number of hydrogen-bond acceptors (Lipinski definition) is 0. The largest absolute Gasteiger partial charge is 0.0990 e. The molecule has 0 aliphatic heterocycles. The van der Waals surface area contributed by atoms with E-state index >= 15 is 0 Å². The molecular weight excluding hydrogens is 276 g/mol. The summed E-state index contributed by atoms with van der Waals surface area (Å²) >= 11 is 0. The van der Waals surface area contributed by atoms with Gasteiger partial charge in [0.1, 0.15) is 0 Å². The first-order chi connectivity index (χ1) is 11.2. The van der Waals surface area contributed by atoms with Crippen LogP contribution in [0.15, 0.2) is 73.3 Å². The smallest absolute Gasteiger partial charge is 0.0146 e. The Morgan fingerprint density at radius 1 is 1.09 bits per heavy atom. The molecule has 0 spiro atoms. The summed E-state index contributed by atoms with van der Waals surface area (Å²) in [6, 6.07) is 15.5. The Balaban J connectivity index is 2.58. The lowest BCUT2D eigenvalue weighted by Crippen LogP contribution is -1.93. The summed E-state index contributed by atoms with van der Waals surface area (Å²) in [6.45, 7) is 10.3. The Bertz CT molecular complexity index is 729. The maximum atomic E-state index is 3.83. The lowest BCUT2D eigenvalue weighted by atomic mass is 9.91. The third kappa shape index (κ3) is 4.10. The fourth-order valence-corrected chi connectivity index (χ4v) is 2.92. The Morgan fingerprint density at radius 2 is 1.87 bits per heavy atom. The second kappa shape index (κ2) is 8.33. The second-order valence-corrected chi connectivity index (χ2v) is 5.79. The van der Waals surface area contributed by atoms with Crippen molar-refractivity contribution in [2.45, 2.75) is 33.6 Å². The van der Waals surface area contributed by atoms with E-state index in [0.29, 0.717) is 0 Å². The molecule has 0 unspecified atom stereocenters. The summed E-state index contributed by atoms with van der Waals surface area (Å²) < 4.78 is 0. The first kappa shape index (κ1) is 17.0. The van der Waals surface area contributed by atoms with Gasteiger partial charge in [0.2, 0.25) is 0 Å². The van der Waals surface area contributed by atoms with Crippen LogP contribution in [-0.4, -0.2) is 0 Å². The molecule has 0 radical (unpaired) electrons. The molecule has 23 heavy (non-hydrogen) atoms. The van der Waals surface area contributed by atoms with Crippen molar-refractivity contribution in [2.24, 2.45) is 0 Å². The van der Waals surface area contributed by atoms with E-state index in [1.54, 1.807) is 0 Å². The van der Waals surface area contributed by atoms with E-state index in [2.05, 4.69) is 81.1 Å². The fraction of sp³-hybridized carbons (Fsp3) is 0.217. The van der Waals surface area contributed by atoms with Crippen LogP contribution in [0, 0.1) is 6.92 Å². The average molecular weight is 302 g/mol. The predicted molar refractivity (Wildman–Crippen MR) is 104 cm³/mol. The van der Waals surface area contributed by atoms with Crippen LogP contribution in [0.2, 0.25) is 0 Å². The molecule has 0 heterocycles. The van der Waals surface area contributed by atoms with Gasteiger partial charge in [0.25, 0.3) is 0 Å². The highest BCUT2D eigenvalue weighted by Crippen LogP contribution is 2.31. The Kier molecular flexibility index (Phi) is 6.17. The van der Waals surface area contributed by atoms with Gasteiger partial charge in [-0.05, 0) is 59.7 Å². The van der Waals surface area contributed by atoms with E-state index < -0.39 is 0 Å². The van der Waals surface area contributed by atoms with E-state index in [0.717, 1.165) is 12.8 Å². The van der Waals surface area contributed by atoms with Gasteiger partial charge in [0, 0.05) is 0 Å². The van der Waals surface area contributed by atoms with E-state index in [-0.39, 0.29) is 0 Å². The van der Waals surface area contributed by atoms with Crippen molar-refractivity contribution >= 4 is 5.57 Å². The molecule has 0 bridgehead atoms. The zero-order chi connectivity index (χ0) is 16.7. The van der Waals surface area contributed by atoms with Gasteiger partial charge in [0.15, 0.2) is 0 Å². The van der Waals surface area contributed by atoms with E-state index in [4.69, 9.17) is 0 Å². The van der Waals surface area contributed by atoms with Crippen LogP contribution in [0.5, 0.6) is 0 Å². The third-order valence-electron chi connectivity index (χ3n) is 4.04. The molecule has 118 valence electrons. The molecule has 2 rings (SSSR count). The second-order valence-electron chi connectivity index (χ2n) is 5.79. The molecule has 0 saturated heterocycles. The summed E-state index contributed by atoms with van der Waals surface area (Å²) in [5.41, 5.74) is 7.84. The third-order valence-corrected chi connectivity index (χ3v) is 4.04. The van der Waals surface area contributed by atoms with Crippen molar-refractivity contribution in [2.75, 3.05) is 0 Å². The average Bonchev–Trinajstić information content (AvgIpc) is 2.56. The number of rotatable bonds is 6. The van der Waals surface area contributed by atoms with Crippen molar-refractivity contribution in [3.8, 4) is 11.1 Å². The lowest BCUT2D eigenvalue weighted by molar-refractivity contribution is 0.923. The minimum atomic E-state index is 1.12. The van der Waals surface area contributed by atoms with E-state index in [1.165, 1.54) is 33.4 Å². The maximum absolute atomic E-state index is 3.83. The van der Waals surface area contributed by atoms with Crippen LogP contribution >= 0.6 is 0 Å². The number of hydrogen-bond donors (Lipinski definition) is 0. The van der Waals surface area contributed by atoms with Crippen molar-refractivity contribution in [3.05, 3.63) is 90.0 Å². The number of allylic oxidation sites excluding steroid dienone is 5. The fourth-order valence-electron chi connectivity index (χ4n) is 2.92. The monoisotopic (exact) mass is 302 g/mol. The molecule has 0 aliphatic rings. The van der Waals surface area contributed by atoms with Gasteiger partial charge in [-0.2, -0.15) is 0 Å². The van der Waals surface area contributed by atoms with Crippen LogP contribution in [0.4, 0.5) is 0 Å². The number of benzene rings is 2. The Labute approximate surface area is 140 Å². The molecule has 0 saturated carbocycles. The SMILES string of the molecule is C=C/C=C(\C=C/C)c1ccc(C)c(-c2ccccc2CCC)c1. The molecule has 0 amide bonds. The zero-order valence-electron chi connectivity index (χ0n) is 14.5. The van der Waals surface area contributed by atoms with Crippen molar-refractivity contribution in [1.82, 2.24) is 0 Å². The normalized spacial score (nSPS) is 11.9. The van der Waals surface area contributed by atoms with Gasteiger partial charge in [-0.1, -0.05) is 80.6 Å². The molecule has 2 aromatic carbocycles. The molecule has 0 N–H and O–H groups in total. The zero-order valence-corrected chi connectivity index (χ0v) is 14.5. The first-order valence-electron chi connectivity index (χ1n) is 8.36. The Morgan fingerprint density at radius 3 is 2.57 bits per heavy atom. The minimum Gasteiger partial charge on any atom is -0.0990 e. The first-order valence-corrected chi connectivity index (χ1v) is 8.36. The lowest BCUT2D eigenvalue weighted by Gasteiger charge is -2.14. The Hall–Kier alpha value is -2.34. The topological polar surface area (TPSA) is 0 Å². The van der Waals surface area contributed by atoms with Crippen LogP contribution in [0.1, 0.15) is 37.0 Å². The van der Waals surface area contributed by atoms with Crippen molar-refractivity contribution in [1.29, 1.82) is 0 Å². The highest BCUT2D eigenvalue weighted by Gasteiger charge is 2.09. The van der Waals surface area contributed by atoms with Crippen molar-refractivity contribution in [3.63, 3.8) is 0 Å². The standard InChI is InChI=1S/C23H26/c1-5-10-19(11-6-2)21-16-15-18(4)23(17-21)22-14-9-8-13-20(22)12-7-3/h5-6,8-11,13-17H,1,7,12H2,2-4H3/b11-6-,19-10+. The minimum absolute atomic E-state index is 1.12. The van der Waals surface area contributed by atoms with Crippen molar-refractivity contribution < 1.29 is 0 Å². The van der Waals surface area contributed by atoms with Gasteiger partial charge in [-0.15, -0.1) is 0 Å². The molecule has 0 heteroatoms. The van der Waals surface area contributed by atoms with Crippen LogP contribution in [0.25, 0.3) is 16.7 Å². The highest BCUT2D eigenvalue weighted by molar-refractivity contribution is 5.80. The van der Waals surface area contributed by atoms with Crippen LogP contribution in [0.3, 0.4) is 0 Å². The summed E-state index contributed by atoms with van der Waals surface area (Å²) in [7, 11) is 0. The van der Waals surface area contributed by atoms with Gasteiger partial charge >= 0.3 is 0 Å². The molecule has 0 fully saturated rings. The molecule has 0 aliphatic carbocycles.